The summed E-state index contributed by atoms with van der Waals surface area (Å²) in [4.78, 5) is 15.2. The number of rotatable bonds is 7. The number of aryl methyl sites for hydroxylation is 1. The Labute approximate surface area is 187 Å². The number of ether oxygens (including phenoxy) is 1. The Balaban J connectivity index is 1.39. The van der Waals surface area contributed by atoms with E-state index in [-0.39, 0.29) is 5.91 Å². The summed E-state index contributed by atoms with van der Waals surface area (Å²) in [5.41, 5.74) is 4.43. The number of morpholine rings is 1. The Morgan fingerprint density at radius 3 is 2.52 bits per heavy atom. The highest BCUT2D eigenvalue weighted by Crippen LogP contribution is 2.21. The Kier molecular flexibility index (Phi) is 7.02. The monoisotopic (exact) mass is 438 g/mol. The second-order valence-electron chi connectivity index (χ2n) is 7.79. The predicted octanol–water partition coefficient (Wildman–Crippen LogP) is 3.66. The molecule has 31 heavy (non-hydrogen) atoms. The molecule has 162 valence electrons. The van der Waals surface area contributed by atoms with Gasteiger partial charge in [0.25, 0.3) is 5.91 Å². The van der Waals surface area contributed by atoms with Crippen LogP contribution in [-0.2, 0) is 24.4 Å². The maximum atomic E-state index is 12.9. The van der Waals surface area contributed by atoms with Gasteiger partial charge < -0.3 is 10.1 Å². The van der Waals surface area contributed by atoms with Crippen LogP contribution in [0.1, 0.15) is 32.7 Å². The molecule has 4 rings (SSSR count). The van der Waals surface area contributed by atoms with Crippen molar-refractivity contribution in [2.75, 3.05) is 26.3 Å². The first-order valence-electron chi connectivity index (χ1n) is 10.5. The van der Waals surface area contributed by atoms with Crippen LogP contribution >= 0.6 is 11.6 Å². The van der Waals surface area contributed by atoms with Crippen molar-refractivity contribution in [3.8, 4) is 0 Å². The van der Waals surface area contributed by atoms with Crippen molar-refractivity contribution >= 4 is 17.5 Å². The zero-order chi connectivity index (χ0) is 21.6. The molecule has 1 aliphatic rings. The Morgan fingerprint density at radius 1 is 1.03 bits per heavy atom. The SMILES string of the molecule is Cc1nn(Cc2ccccc2)c(Cl)c1C(=O)NCc1cccc(CN2CCOCC2)c1. The maximum absolute atomic E-state index is 12.9. The van der Waals surface area contributed by atoms with Crippen LogP contribution < -0.4 is 5.32 Å². The van der Waals surface area contributed by atoms with Gasteiger partial charge in [-0.3, -0.25) is 9.69 Å². The number of carbonyl (C=O) groups is 1. The predicted molar refractivity (Wildman–Crippen MR) is 121 cm³/mol. The number of amides is 1. The van der Waals surface area contributed by atoms with Crippen molar-refractivity contribution < 1.29 is 9.53 Å². The number of nitrogens with one attached hydrogen (secondary N) is 1. The first-order valence-corrected chi connectivity index (χ1v) is 10.9. The van der Waals surface area contributed by atoms with Crippen LogP contribution in [0.2, 0.25) is 5.15 Å². The number of nitrogens with zero attached hydrogens (tertiary/aromatic N) is 3. The van der Waals surface area contributed by atoms with E-state index >= 15 is 0 Å². The molecule has 1 amide bonds. The molecule has 1 fully saturated rings. The minimum Gasteiger partial charge on any atom is -0.379 e. The average Bonchev–Trinajstić information content (AvgIpc) is 3.06. The van der Waals surface area contributed by atoms with Gasteiger partial charge in [0.05, 0.1) is 31.0 Å². The van der Waals surface area contributed by atoms with Crippen LogP contribution in [0.3, 0.4) is 0 Å². The highest BCUT2D eigenvalue weighted by Gasteiger charge is 2.20. The van der Waals surface area contributed by atoms with Crippen LogP contribution in [0.15, 0.2) is 54.6 Å². The van der Waals surface area contributed by atoms with E-state index in [4.69, 9.17) is 16.3 Å². The standard InChI is InChI=1S/C24H27ClN4O2/c1-18-22(23(25)29(27-18)17-19-6-3-2-4-7-19)24(30)26-15-20-8-5-9-21(14-20)16-28-10-12-31-13-11-28/h2-9,14H,10-13,15-17H2,1H3,(H,26,30). The summed E-state index contributed by atoms with van der Waals surface area (Å²) in [5.74, 6) is -0.208. The first-order chi connectivity index (χ1) is 15.1. The zero-order valence-electron chi connectivity index (χ0n) is 17.7. The third-order valence-corrected chi connectivity index (χ3v) is 5.81. The lowest BCUT2D eigenvalue weighted by molar-refractivity contribution is 0.0342. The highest BCUT2D eigenvalue weighted by molar-refractivity contribution is 6.33. The van der Waals surface area contributed by atoms with Gasteiger partial charge in [-0.25, -0.2) is 4.68 Å². The normalized spacial score (nSPS) is 14.5. The van der Waals surface area contributed by atoms with Crippen molar-refractivity contribution in [2.24, 2.45) is 0 Å². The molecule has 1 saturated heterocycles. The van der Waals surface area contributed by atoms with Gasteiger partial charge in [0.2, 0.25) is 0 Å². The fourth-order valence-corrected chi connectivity index (χ4v) is 4.12. The lowest BCUT2D eigenvalue weighted by Crippen LogP contribution is -2.35. The minimum absolute atomic E-state index is 0.208. The van der Waals surface area contributed by atoms with E-state index in [1.165, 1.54) is 5.56 Å². The van der Waals surface area contributed by atoms with E-state index in [1.54, 1.807) is 4.68 Å². The van der Waals surface area contributed by atoms with Gasteiger partial charge in [-0.15, -0.1) is 0 Å². The van der Waals surface area contributed by atoms with Crippen molar-refractivity contribution in [3.63, 3.8) is 0 Å². The molecule has 1 aliphatic heterocycles. The number of halogens is 1. The molecule has 0 bridgehead atoms. The Morgan fingerprint density at radius 2 is 1.74 bits per heavy atom. The smallest absolute Gasteiger partial charge is 0.256 e. The van der Waals surface area contributed by atoms with Crippen molar-refractivity contribution in [1.82, 2.24) is 20.0 Å². The number of aromatic nitrogens is 2. The van der Waals surface area contributed by atoms with Gasteiger partial charge in [0.15, 0.2) is 0 Å². The molecular weight excluding hydrogens is 412 g/mol. The number of hydrogen-bond acceptors (Lipinski definition) is 4. The van der Waals surface area contributed by atoms with Crippen molar-refractivity contribution in [2.45, 2.75) is 26.6 Å². The van der Waals surface area contributed by atoms with Gasteiger partial charge in [-0.2, -0.15) is 5.10 Å². The van der Waals surface area contributed by atoms with Crippen LogP contribution in [0.4, 0.5) is 0 Å². The summed E-state index contributed by atoms with van der Waals surface area (Å²) in [6.45, 7) is 7.14. The fourth-order valence-electron chi connectivity index (χ4n) is 3.80. The first kappa shape index (κ1) is 21.6. The number of hydrogen-bond donors (Lipinski definition) is 1. The molecule has 0 unspecified atom stereocenters. The summed E-state index contributed by atoms with van der Waals surface area (Å²) in [7, 11) is 0. The summed E-state index contributed by atoms with van der Waals surface area (Å²) in [6, 6.07) is 18.3. The molecule has 2 heterocycles. The summed E-state index contributed by atoms with van der Waals surface area (Å²) in [6.07, 6.45) is 0. The highest BCUT2D eigenvalue weighted by atomic mass is 35.5. The molecule has 7 heteroatoms. The second kappa shape index (κ2) is 10.1. The quantitative estimate of drug-likeness (QED) is 0.611. The molecule has 0 aliphatic carbocycles. The Bertz CT molecular complexity index is 1030. The molecule has 2 aromatic carbocycles. The maximum Gasteiger partial charge on any atom is 0.256 e. The van der Waals surface area contributed by atoms with Gasteiger partial charge in [-0.05, 0) is 23.6 Å². The molecule has 1 N–H and O–H groups in total. The molecule has 6 nitrogen and oxygen atoms in total. The molecule has 3 aromatic rings. The van der Waals surface area contributed by atoms with E-state index < -0.39 is 0 Å². The van der Waals surface area contributed by atoms with E-state index in [0.717, 1.165) is 44.0 Å². The number of carbonyl (C=O) groups excluding carboxylic acids is 1. The third-order valence-electron chi connectivity index (χ3n) is 5.42. The van der Waals surface area contributed by atoms with Gasteiger partial charge in [-0.1, -0.05) is 66.2 Å². The number of benzene rings is 2. The summed E-state index contributed by atoms with van der Waals surface area (Å²) >= 11 is 6.51. The largest absolute Gasteiger partial charge is 0.379 e. The lowest BCUT2D eigenvalue weighted by Gasteiger charge is -2.26. The zero-order valence-corrected chi connectivity index (χ0v) is 18.4. The van der Waals surface area contributed by atoms with Crippen LogP contribution in [0.5, 0.6) is 0 Å². The molecule has 1 aromatic heterocycles. The van der Waals surface area contributed by atoms with E-state index in [2.05, 4.69) is 27.4 Å². The molecular formula is C24H27ClN4O2. The summed E-state index contributed by atoms with van der Waals surface area (Å²) < 4.78 is 7.09. The van der Waals surface area contributed by atoms with Crippen molar-refractivity contribution in [1.29, 1.82) is 0 Å². The van der Waals surface area contributed by atoms with Crippen LogP contribution in [0, 0.1) is 6.92 Å². The Hall–Kier alpha value is -2.67. The van der Waals surface area contributed by atoms with Gasteiger partial charge in [0, 0.05) is 26.2 Å². The molecule has 0 radical (unpaired) electrons. The van der Waals surface area contributed by atoms with E-state index in [1.807, 2.05) is 49.4 Å². The lowest BCUT2D eigenvalue weighted by atomic mass is 10.1. The summed E-state index contributed by atoms with van der Waals surface area (Å²) in [5, 5.41) is 7.82. The minimum atomic E-state index is -0.208. The van der Waals surface area contributed by atoms with Crippen molar-refractivity contribution in [3.05, 3.63) is 87.7 Å². The molecule has 0 atom stereocenters. The van der Waals surface area contributed by atoms with E-state index in [9.17, 15) is 4.79 Å². The molecule has 0 saturated carbocycles. The second-order valence-corrected chi connectivity index (χ2v) is 8.14. The van der Waals surface area contributed by atoms with Gasteiger partial charge in [0.1, 0.15) is 5.15 Å². The van der Waals surface area contributed by atoms with Crippen LogP contribution in [0.25, 0.3) is 0 Å². The van der Waals surface area contributed by atoms with Crippen LogP contribution in [-0.4, -0.2) is 46.9 Å². The average molecular weight is 439 g/mol. The van der Waals surface area contributed by atoms with Gasteiger partial charge >= 0.3 is 0 Å². The third kappa shape index (κ3) is 5.53. The van der Waals surface area contributed by atoms with E-state index in [0.29, 0.717) is 29.5 Å². The molecule has 0 spiro atoms. The topological polar surface area (TPSA) is 59.4 Å². The fraction of sp³-hybridized carbons (Fsp3) is 0.333.